The SMILES string of the molecule is O=C(Nc1cc(O[C@@H]2CCOC2)cc(C(F)(F)F)c1)c1ccc(F)c(Nc2ncccc2-c2ccncn2)c1. The fourth-order valence-corrected chi connectivity index (χ4v) is 3.96. The van der Waals surface area contributed by atoms with Gasteiger partial charge in [-0.15, -0.1) is 0 Å². The summed E-state index contributed by atoms with van der Waals surface area (Å²) in [6, 6.07) is 11.6. The average Bonchev–Trinajstić information content (AvgIpc) is 3.43. The number of alkyl halides is 3. The first kappa shape index (κ1) is 26.0. The van der Waals surface area contributed by atoms with Crippen LogP contribution in [0.4, 0.5) is 34.8 Å². The van der Waals surface area contributed by atoms with Crippen molar-refractivity contribution in [1.82, 2.24) is 15.0 Å². The first-order valence-electron chi connectivity index (χ1n) is 11.8. The minimum Gasteiger partial charge on any atom is -0.488 e. The van der Waals surface area contributed by atoms with Gasteiger partial charge in [0.1, 0.15) is 29.8 Å². The van der Waals surface area contributed by atoms with Crippen molar-refractivity contribution in [1.29, 1.82) is 0 Å². The second-order valence-electron chi connectivity index (χ2n) is 8.62. The predicted molar refractivity (Wildman–Crippen MR) is 134 cm³/mol. The molecule has 12 heteroatoms. The summed E-state index contributed by atoms with van der Waals surface area (Å²) in [5.41, 5.74) is -0.0603. The lowest BCUT2D eigenvalue weighted by atomic mass is 10.1. The van der Waals surface area contributed by atoms with Crippen LogP contribution in [0.15, 0.2) is 73.3 Å². The quantitative estimate of drug-likeness (QED) is 0.284. The molecule has 39 heavy (non-hydrogen) atoms. The molecular weight excluding hydrogens is 518 g/mol. The molecule has 4 aromatic rings. The Kier molecular flexibility index (Phi) is 7.37. The Labute approximate surface area is 220 Å². The van der Waals surface area contributed by atoms with Gasteiger partial charge in [-0.25, -0.2) is 19.3 Å². The number of hydrogen-bond donors (Lipinski definition) is 2. The van der Waals surface area contributed by atoms with E-state index >= 15 is 0 Å². The van der Waals surface area contributed by atoms with Crippen LogP contribution in [0.25, 0.3) is 11.3 Å². The lowest BCUT2D eigenvalue weighted by molar-refractivity contribution is -0.137. The van der Waals surface area contributed by atoms with Crippen molar-refractivity contribution >= 4 is 23.1 Å². The van der Waals surface area contributed by atoms with Gasteiger partial charge >= 0.3 is 6.18 Å². The van der Waals surface area contributed by atoms with Crippen LogP contribution in [-0.2, 0) is 10.9 Å². The lowest BCUT2D eigenvalue weighted by Gasteiger charge is -2.17. The third-order valence-electron chi connectivity index (χ3n) is 5.83. The molecule has 1 amide bonds. The molecule has 0 spiro atoms. The highest BCUT2D eigenvalue weighted by Crippen LogP contribution is 2.35. The second-order valence-corrected chi connectivity index (χ2v) is 8.62. The number of amides is 1. The first-order chi connectivity index (χ1) is 18.8. The zero-order valence-electron chi connectivity index (χ0n) is 20.2. The largest absolute Gasteiger partial charge is 0.488 e. The van der Waals surface area contributed by atoms with Crippen molar-refractivity contribution in [2.75, 3.05) is 23.8 Å². The number of aromatic nitrogens is 3. The van der Waals surface area contributed by atoms with E-state index in [0.29, 0.717) is 24.3 Å². The maximum absolute atomic E-state index is 14.7. The van der Waals surface area contributed by atoms with Crippen LogP contribution in [0.3, 0.4) is 0 Å². The topological polar surface area (TPSA) is 98.3 Å². The van der Waals surface area contributed by atoms with E-state index in [2.05, 4.69) is 25.6 Å². The van der Waals surface area contributed by atoms with Gasteiger partial charge in [-0.1, -0.05) is 0 Å². The molecule has 2 aromatic carbocycles. The van der Waals surface area contributed by atoms with Crippen LogP contribution < -0.4 is 15.4 Å². The van der Waals surface area contributed by atoms with E-state index in [-0.39, 0.29) is 41.2 Å². The number of halogens is 4. The summed E-state index contributed by atoms with van der Waals surface area (Å²) in [6.45, 7) is 0.714. The third-order valence-corrected chi connectivity index (χ3v) is 5.83. The first-order valence-corrected chi connectivity index (χ1v) is 11.8. The maximum atomic E-state index is 14.7. The summed E-state index contributed by atoms with van der Waals surface area (Å²) >= 11 is 0. The average molecular weight is 539 g/mol. The molecule has 0 aliphatic carbocycles. The number of pyridine rings is 1. The van der Waals surface area contributed by atoms with E-state index in [0.717, 1.165) is 18.2 Å². The van der Waals surface area contributed by atoms with E-state index in [1.54, 1.807) is 24.4 Å². The van der Waals surface area contributed by atoms with Crippen LogP contribution >= 0.6 is 0 Å². The maximum Gasteiger partial charge on any atom is 0.416 e. The summed E-state index contributed by atoms with van der Waals surface area (Å²) in [5, 5.41) is 5.32. The fourth-order valence-electron chi connectivity index (χ4n) is 3.96. The number of hydrogen-bond acceptors (Lipinski definition) is 7. The monoisotopic (exact) mass is 539 g/mol. The predicted octanol–water partition coefficient (Wildman–Crippen LogP) is 5.86. The number of carbonyl (C=O) groups is 1. The number of anilines is 3. The third kappa shape index (κ3) is 6.29. The van der Waals surface area contributed by atoms with Crippen molar-refractivity contribution in [3.63, 3.8) is 0 Å². The molecule has 0 unspecified atom stereocenters. The van der Waals surface area contributed by atoms with Crippen molar-refractivity contribution in [3.05, 3.63) is 90.3 Å². The number of nitrogens with one attached hydrogen (secondary N) is 2. The number of ether oxygens (including phenoxy) is 2. The number of rotatable bonds is 7. The number of carbonyl (C=O) groups excluding carboxylic acids is 1. The number of benzene rings is 2. The van der Waals surface area contributed by atoms with Gasteiger partial charge in [-0.2, -0.15) is 13.2 Å². The van der Waals surface area contributed by atoms with Crippen LogP contribution in [0.5, 0.6) is 5.75 Å². The summed E-state index contributed by atoms with van der Waals surface area (Å²) < 4.78 is 66.1. The highest BCUT2D eigenvalue weighted by molar-refractivity contribution is 6.05. The Morgan fingerprint density at radius 3 is 2.67 bits per heavy atom. The van der Waals surface area contributed by atoms with E-state index < -0.39 is 23.5 Å². The molecule has 1 saturated heterocycles. The van der Waals surface area contributed by atoms with Crippen molar-refractivity contribution in [2.24, 2.45) is 0 Å². The van der Waals surface area contributed by atoms with E-state index in [4.69, 9.17) is 9.47 Å². The Morgan fingerprint density at radius 1 is 1.05 bits per heavy atom. The van der Waals surface area contributed by atoms with Crippen LogP contribution in [0.2, 0.25) is 0 Å². The summed E-state index contributed by atoms with van der Waals surface area (Å²) in [5.74, 6) is -1.18. The zero-order valence-corrected chi connectivity index (χ0v) is 20.2. The molecule has 0 radical (unpaired) electrons. The molecule has 1 aliphatic heterocycles. The van der Waals surface area contributed by atoms with Gasteiger partial charge in [0.15, 0.2) is 0 Å². The second kappa shape index (κ2) is 11.0. The van der Waals surface area contributed by atoms with Gasteiger partial charge < -0.3 is 20.1 Å². The van der Waals surface area contributed by atoms with Crippen LogP contribution in [0.1, 0.15) is 22.3 Å². The molecule has 2 aromatic heterocycles. The Morgan fingerprint density at radius 2 is 1.92 bits per heavy atom. The summed E-state index contributed by atoms with van der Waals surface area (Å²) in [6.07, 6.45) is -0.0889. The van der Waals surface area contributed by atoms with Gasteiger partial charge in [-0.05, 0) is 48.5 Å². The molecule has 1 aliphatic rings. The fraction of sp³-hybridized carbons (Fsp3) is 0.185. The smallest absolute Gasteiger partial charge is 0.416 e. The molecule has 8 nitrogen and oxygen atoms in total. The highest BCUT2D eigenvalue weighted by atomic mass is 19.4. The van der Waals surface area contributed by atoms with E-state index in [1.807, 2.05) is 0 Å². The van der Waals surface area contributed by atoms with Gasteiger partial charge in [-0.3, -0.25) is 4.79 Å². The lowest BCUT2D eigenvalue weighted by Crippen LogP contribution is -2.17. The molecule has 5 rings (SSSR count). The minimum absolute atomic E-state index is 0.00231. The van der Waals surface area contributed by atoms with Gasteiger partial charge in [0.25, 0.3) is 5.91 Å². The van der Waals surface area contributed by atoms with Crippen molar-refractivity contribution < 1.29 is 31.8 Å². The molecule has 1 fully saturated rings. The van der Waals surface area contributed by atoms with Crippen LogP contribution in [-0.4, -0.2) is 40.2 Å². The van der Waals surface area contributed by atoms with Gasteiger partial charge in [0.2, 0.25) is 0 Å². The van der Waals surface area contributed by atoms with Crippen molar-refractivity contribution in [3.8, 4) is 17.0 Å². The normalized spacial score (nSPS) is 15.1. The molecular formula is C27H21F4N5O3. The highest BCUT2D eigenvalue weighted by Gasteiger charge is 2.32. The number of nitrogens with zero attached hydrogens (tertiary/aromatic N) is 3. The van der Waals surface area contributed by atoms with Gasteiger partial charge in [0, 0.05) is 41.7 Å². The minimum atomic E-state index is -4.66. The van der Waals surface area contributed by atoms with Crippen LogP contribution in [0, 0.1) is 5.82 Å². The van der Waals surface area contributed by atoms with E-state index in [1.165, 1.54) is 30.7 Å². The van der Waals surface area contributed by atoms with Crippen molar-refractivity contribution in [2.45, 2.75) is 18.7 Å². The molecule has 2 N–H and O–H groups in total. The van der Waals surface area contributed by atoms with E-state index in [9.17, 15) is 22.4 Å². The molecule has 0 bridgehead atoms. The summed E-state index contributed by atoms with van der Waals surface area (Å²) in [7, 11) is 0. The molecule has 200 valence electrons. The Balaban J connectivity index is 1.39. The molecule has 3 heterocycles. The van der Waals surface area contributed by atoms with Gasteiger partial charge in [0.05, 0.1) is 30.2 Å². The summed E-state index contributed by atoms with van der Waals surface area (Å²) in [4.78, 5) is 25.3. The molecule has 1 atom stereocenters. The zero-order chi connectivity index (χ0) is 27.4. The Hall–Kier alpha value is -4.58. The Bertz CT molecular complexity index is 1480. The molecule has 0 saturated carbocycles. The standard InChI is InChI=1S/C27H21F4N5O3/c28-22-4-3-16(10-24(22)36-25-21(2-1-7-33-25)23-5-8-32-15-34-23)26(37)35-18-11-17(27(29,30)31)12-20(13-18)39-19-6-9-38-14-19/h1-5,7-8,10-13,15,19H,6,9,14H2,(H,33,36)(H,35,37)/t19-/m1/s1.